The molecule has 2 rings (SSSR count). The number of rotatable bonds is 3. The number of carbonyl (C=O) groups excluding carboxylic acids is 2. The topological polar surface area (TPSA) is 60.9 Å². The van der Waals surface area contributed by atoms with Gasteiger partial charge in [-0.1, -0.05) is 0 Å². The zero-order valence-electron chi connectivity index (χ0n) is 8.39. The summed E-state index contributed by atoms with van der Waals surface area (Å²) in [4.78, 5) is 26.2. The van der Waals surface area contributed by atoms with Crippen LogP contribution in [0, 0.1) is 5.92 Å². The zero-order valence-corrected chi connectivity index (χ0v) is 9.20. The van der Waals surface area contributed by atoms with Crippen molar-refractivity contribution in [3.8, 4) is 0 Å². The maximum atomic E-state index is 11.6. The first-order valence-corrected chi connectivity index (χ1v) is 6.10. The Morgan fingerprint density at radius 3 is 2.80 bits per heavy atom. The molecule has 0 bridgehead atoms. The fourth-order valence-corrected chi connectivity index (χ4v) is 2.60. The molecule has 5 nitrogen and oxygen atoms in total. The standard InChI is InChI=1S/C9H14N2O3S/c12-4-7-1-10(2-7)8(13)3-11-6-15-5-9(11)14/h7,12H,1-6H2. The van der Waals surface area contributed by atoms with Crippen molar-refractivity contribution in [3.63, 3.8) is 0 Å². The highest BCUT2D eigenvalue weighted by Gasteiger charge is 2.32. The lowest BCUT2D eigenvalue weighted by atomic mass is 10.0. The van der Waals surface area contributed by atoms with E-state index >= 15 is 0 Å². The minimum absolute atomic E-state index is 0.00412. The van der Waals surface area contributed by atoms with Crippen molar-refractivity contribution in [2.24, 2.45) is 5.92 Å². The van der Waals surface area contributed by atoms with Crippen LogP contribution in [0.4, 0.5) is 0 Å². The molecule has 1 N–H and O–H groups in total. The minimum Gasteiger partial charge on any atom is -0.396 e. The van der Waals surface area contributed by atoms with Crippen LogP contribution in [0.1, 0.15) is 0 Å². The second kappa shape index (κ2) is 4.40. The van der Waals surface area contributed by atoms with Gasteiger partial charge in [0.2, 0.25) is 11.8 Å². The molecule has 15 heavy (non-hydrogen) atoms. The summed E-state index contributed by atoms with van der Waals surface area (Å²) in [5.41, 5.74) is 0. The van der Waals surface area contributed by atoms with Crippen LogP contribution in [0.2, 0.25) is 0 Å². The number of thioether (sulfide) groups is 1. The third-order valence-corrected chi connectivity index (χ3v) is 3.66. The fourth-order valence-electron chi connectivity index (χ4n) is 1.69. The lowest BCUT2D eigenvalue weighted by Gasteiger charge is -2.38. The van der Waals surface area contributed by atoms with Crippen molar-refractivity contribution in [2.45, 2.75) is 0 Å². The van der Waals surface area contributed by atoms with Crippen LogP contribution in [0.15, 0.2) is 0 Å². The van der Waals surface area contributed by atoms with Gasteiger partial charge in [-0.2, -0.15) is 0 Å². The predicted octanol–water partition coefficient (Wildman–Crippen LogP) is -1.03. The number of hydrogen-bond donors (Lipinski definition) is 1. The van der Waals surface area contributed by atoms with Gasteiger partial charge in [0.05, 0.1) is 11.6 Å². The van der Waals surface area contributed by atoms with Crippen LogP contribution in [0.3, 0.4) is 0 Å². The van der Waals surface area contributed by atoms with E-state index in [-0.39, 0.29) is 30.9 Å². The van der Waals surface area contributed by atoms with E-state index in [2.05, 4.69) is 0 Å². The van der Waals surface area contributed by atoms with Gasteiger partial charge < -0.3 is 14.9 Å². The first-order valence-electron chi connectivity index (χ1n) is 4.95. The maximum Gasteiger partial charge on any atom is 0.242 e. The lowest BCUT2D eigenvalue weighted by molar-refractivity contribution is -0.143. The average molecular weight is 230 g/mol. The molecule has 0 spiro atoms. The van der Waals surface area contributed by atoms with Crippen LogP contribution in [0.5, 0.6) is 0 Å². The Balaban J connectivity index is 1.76. The van der Waals surface area contributed by atoms with Crippen LogP contribution in [0.25, 0.3) is 0 Å². The Bertz CT molecular complexity index is 279. The van der Waals surface area contributed by atoms with Gasteiger partial charge in [0.25, 0.3) is 0 Å². The van der Waals surface area contributed by atoms with Crippen molar-refractivity contribution in [3.05, 3.63) is 0 Å². The number of carbonyl (C=O) groups is 2. The Morgan fingerprint density at radius 1 is 1.53 bits per heavy atom. The molecule has 0 atom stereocenters. The summed E-state index contributed by atoms with van der Waals surface area (Å²) < 4.78 is 0. The molecule has 84 valence electrons. The van der Waals surface area contributed by atoms with Crippen molar-refractivity contribution < 1.29 is 14.7 Å². The number of amides is 2. The molecule has 0 aromatic rings. The van der Waals surface area contributed by atoms with Gasteiger partial charge >= 0.3 is 0 Å². The van der Waals surface area contributed by atoms with E-state index in [1.165, 1.54) is 0 Å². The van der Waals surface area contributed by atoms with Crippen LogP contribution in [-0.2, 0) is 9.59 Å². The third-order valence-electron chi connectivity index (χ3n) is 2.72. The van der Waals surface area contributed by atoms with Gasteiger partial charge in [-0.25, -0.2) is 0 Å². The summed E-state index contributed by atoms with van der Waals surface area (Å²) >= 11 is 1.54. The highest BCUT2D eigenvalue weighted by Crippen LogP contribution is 2.18. The van der Waals surface area contributed by atoms with Crippen molar-refractivity contribution in [2.75, 3.05) is 37.9 Å². The molecule has 2 heterocycles. The quantitative estimate of drug-likeness (QED) is 0.673. The number of aliphatic hydroxyl groups is 1. The highest BCUT2D eigenvalue weighted by molar-refractivity contribution is 8.00. The molecule has 2 saturated heterocycles. The monoisotopic (exact) mass is 230 g/mol. The summed E-state index contributed by atoms with van der Waals surface area (Å²) in [6.07, 6.45) is 0. The van der Waals surface area contributed by atoms with E-state index < -0.39 is 0 Å². The molecule has 2 fully saturated rings. The zero-order chi connectivity index (χ0) is 10.8. The van der Waals surface area contributed by atoms with E-state index in [1.54, 1.807) is 21.6 Å². The predicted molar refractivity (Wildman–Crippen MR) is 56.2 cm³/mol. The van der Waals surface area contributed by atoms with Gasteiger partial charge in [0.15, 0.2) is 0 Å². The van der Waals surface area contributed by atoms with Crippen LogP contribution >= 0.6 is 11.8 Å². The summed E-state index contributed by atoms with van der Waals surface area (Å²) in [5.74, 6) is 1.40. The van der Waals surface area contributed by atoms with E-state index in [1.807, 2.05) is 0 Å². The SMILES string of the molecule is O=C1CSCN1CC(=O)N1CC(CO)C1. The van der Waals surface area contributed by atoms with Crippen molar-refractivity contribution in [1.82, 2.24) is 9.80 Å². The first kappa shape index (κ1) is 10.8. The maximum absolute atomic E-state index is 11.6. The molecule has 0 aromatic heterocycles. The average Bonchev–Trinajstić information content (AvgIpc) is 2.50. The molecule has 6 heteroatoms. The Labute approximate surface area is 92.4 Å². The smallest absolute Gasteiger partial charge is 0.242 e. The Kier molecular flexibility index (Phi) is 3.16. The second-order valence-electron chi connectivity index (χ2n) is 3.92. The molecule has 0 unspecified atom stereocenters. The van der Waals surface area contributed by atoms with Gasteiger partial charge in [-0.3, -0.25) is 9.59 Å². The molecule has 0 radical (unpaired) electrons. The summed E-state index contributed by atoms with van der Waals surface area (Å²) in [5, 5.41) is 8.81. The molecular formula is C9H14N2O3S. The minimum atomic E-state index is -0.00412. The van der Waals surface area contributed by atoms with E-state index in [9.17, 15) is 9.59 Å². The summed E-state index contributed by atoms with van der Waals surface area (Å²) in [6.45, 7) is 1.60. The molecule has 2 aliphatic heterocycles. The molecule has 0 saturated carbocycles. The number of nitrogens with zero attached hydrogens (tertiary/aromatic N) is 2. The molecule has 0 aliphatic carbocycles. The fraction of sp³-hybridized carbons (Fsp3) is 0.778. The van der Waals surface area contributed by atoms with Gasteiger partial charge in [0.1, 0.15) is 6.54 Å². The van der Waals surface area contributed by atoms with Gasteiger partial charge in [-0.15, -0.1) is 11.8 Å². The molecule has 2 amide bonds. The third kappa shape index (κ3) is 2.26. The van der Waals surface area contributed by atoms with E-state index in [4.69, 9.17) is 5.11 Å². The van der Waals surface area contributed by atoms with E-state index in [0.717, 1.165) is 0 Å². The van der Waals surface area contributed by atoms with Crippen LogP contribution < -0.4 is 0 Å². The van der Waals surface area contributed by atoms with Gasteiger partial charge in [-0.05, 0) is 0 Å². The normalized spacial score (nSPS) is 22.1. The summed E-state index contributed by atoms with van der Waals surface area (Å²) in [7, 11) is 0. The molecular weight excluding hydrogens is 216 g/mol. The molecule has 2 aliphatic rings. The van der Waals surface area contributed by atoms with Crippen molar-refractivity contribution >= 4 is 23.6 Å². The second-order valence-corrected chi connectivity index (χ2v) is 4.87. The lowest BCUT2D eigenvalue weighted by Crippen LogP contribution is -2.54. The van der Waals surface area contributed by atoms with E-state index in [0.29, 0.717) is 24.7 Å². The van der Waals surface area contributed by atoms with Crippen molar-refractivity contribution in [1.29, 1.82) is 0 Å². The first-order chi connectivity index (χ1) is 7.20. The Hall–Kier alpha value is -0.750. The number of likely N-dealkylation sites (tertiary alicyclic amines) is 1. The number of hydrogen-bond acceptors (Lipinski definition) is 4. The molecule has 0 aromatic carbocycles. The largest absolute Gasteiger partial charge is 0.396 e. The highest BCUT2D eigenvalue weighted by atomic mass is 32.2. The Morgan fingerprint density at radius 2 is 2.27 bits per heavy atom. The van der Waals surface area contributed by atoms with Gasteiger partial charge in [0, 0.05) is 25.6 Å². The van der Waals surface area contributed by atoms with Crippen LogP contribution in [-0.4, -0.2) is 64.6 Å². The number of aliphatic hydroxyl groups excluding tert-OH is 1. The summed E-state index contributed by atoms with van der Waals surface area (Å²) in [6, 6.07) is 0.